The lowest BCUT2D eigenvalue weighted by Crippen LogP contribution is -2.36. The van der Waals surface area contributed by atoms with Gasteiger partial charge in [-0.15, -0.1) is 11.3 Å². The van der Waals surface area contributed by atoms with Gasteiger partial charge in [-0.05, 0) is 36.4 Å². The first-order valence-electron chi connectivity index (χ1n) is 10.0. The number of nitrogens with zero attached hydrogens (tertiary/aromatic N) is 4. The molecule has 9 heteroatoms. The first-order chi connectivity index (χ1) is 15.1. The molecule has 1 saturated heterocycles. The van der Waals surface area contributed by atoms with E-state index in [2.05, 4.69) is 20.2 Å². The summed E-state index contributed by atoms with van der Waals surface area (Å²) < 4.78 is 7.01. The van der Waals surface area contributed by atoms with Crippen molar-refractivity contribution in [3.05, 3.63) is 58.2 Å². The number of aromatic nitrogens is 3. The molecule has 0 unspecified atom stereocenters. The third-order valence-corrected chi connectivity index (χ3v) is 6.07. The number of aryl methyl sites for hydroxylation is 1. The summed E-state index contributed by atoms with van der Waals surface area (Å²) in [5.74, 6) is 0.291. The summed E-state index contributed by atoms with van der Waals surface area (Å²) in [5, 5.41) is 5.59. The third kappa shape index (κ3) is 3.85. The van der Waals surface area contributed by atoms with Gasteiger partial charge in [0.25, 0.3) is 5.56 Å². The summed E-state index contributed by atoms with van der Waals surface area (Å²) in [6.07, 6.45) is 0. The fraction of sp³-hybridized carbons (Fsp3) is 0.227. The number of hydrogen-bond acceptors (Lipinski definition) is 8. The number of nitrogen functional groups attached to an aromatic ring is 1. The van der Waals surface area contributed by atoms with Crippen molar-refractivity contribution in [3.63, 3.8) is 0 Å². The molecule has 2 aromatic heterocycles. The summed E-state index contributed by atoms with van der Waals surface area (Å²) >= 11 is 1.39. The van der Waals surface area contributed by atoms with Crippen molar-refractivity contribution < 1.29 is 4.74 Å². The van der Waals surface area contributed by atoms with Gasteiger partial charge in [0.15, 0.2) is 10.9 Å². The second-order valence-electron chi connectivity index (χ2n) is 7.37. The van der Waals surface area contributed by atoms with E-state index in [0.717, 1.165) is 60.0 Å². The van der Waals surface area contributed by atoms with Crippen LogP contribution in [0, 0.1) is 0 Å². The second kappa shape index (κ2) is 8.01. The topological polar surface area (TPSA) is 98.3 Å². The zero-order valence-corrected chi connectivity index (χ0v) is 17.9. The Morgan fingerprint density at radius 2 is 1.87 bits per heavy atom. The standard InChI is InChI=1S/C22H22N6O2S/c1-27-19-12-14(18-13-31-22(23)26-18)2-7-17(19)25-20(21(27)29)24-15-3-5-16(6-4-15)28-8-10-30-11-9-28/h2-7,12-13H,8-11H2,1H3,(H2,23,26)(H,24,25). The number of morpholine rings is 1. The highest BCUT2D eigenvalue weighted by atomic mass is 32.1. The van der Waals surface area contributed by atoms with Gasteiger partial charge in [-0.25, -0.2) is 9.97 Å². The lowest BCUT2D eigenvalue weighted by molar-refractivity contribution is 0.122. The molecule has 0 bridgehead atoms. The van der Waals surface area contributed by atoms with Gasteiger partial charge in [0.1, 0.15) is 0 Å². The Bertz CT molecular complexity index is 1290. The van der Waals surface area contributed by atoms with Crippen molar-refractivity contribution in [2.24, 2.45) is 7.05 Å². The molecular formula is C22H22N6O2S. The zero-order chi connectivity index (χ0) is 21.4. The van der Waals surface area contributed by atoms with Crippen molar-refractivity contribution in [2.75, 3.05) is 42.3 Å². The van der Waals surface area contributed by atoms with Gasteiger partial charge < -0.3 is 25.3 Å². The molecule has 1 fully saturated rings. The molecule has 5 rings (SSSR count). The zero-order valence-electron chi connectivity index (χ0n) is 17.0. The van der Waals surface area contributed by atoms with Gasteiger partial charge in [-0.2, -0.15) is 0 Å². The number of hydrogen-bond donors (Lipinski definition) is 2. The number of fused-ring (bicyclic) bond motifs is 1. The average molecular weight is 435 g/mol. The number of ether oxygens (including phenoxy) is 1. The van der Waals surface area contributed by atoms with Crippen molar-refractivity contribution in [1.29, 1.82) is 0 Å². The third-order valence-electron chi connectivity index (χ3n) is 5.40. The fourth-order valence-electron chi connectivity index (χ4n) is 3.70. The predicted octanol–water partition coefficient (Wildman–Crippen LogP) is 3.22. The Hall–Kier alpha value is -3.43. The van der Waals surface area contributed by atoms with E-state index in [4.69, 9.17) is 10.5 Å². The average Bonchev–Trinajstić information content (AvgIpc) is 3.24. The molecule has 158 valence electrons. The van der Waals surface area contributed by atoms with Crippen LogP contribution in [-0.4, -0.2) is 40.8 Å². The van der Waals surface area contributed by atoms with Crippen LogP contribution < -0.4 is 21.5 Å². The molecular weight excluding hydrogens is 412 g/mol. The minimum atomic E-state index is -0.195. The largest absolute Gasteiger partial charge is 0.378 e. The number of nitrogens with two attached hydrogens (primary N) is 1. The monoisotopic (exact) mass is 434 g/mol. The Morgan fingerprint density at radius 1 is 1.10 bits per heavy atom. The molecule has 31 heavy (non-hydrogen) atoms. The van der Waals surface area contributed by atoms with Gasteiger partial charge in [0.2, 0.25) is 0 Å². The summed E-state index contributed by atoms with van der Waals surface area (Å²) in [6, 6.07) is 13.8. The SMILES string of the molecule is Cn1c(=O)c(Nc2ccc(N3CCOCC3)cc2)nc2ccc(-c3csc(N)n3)cc21. The molecule has 8 nitrogen and oxygen atoms in total. The van der Waals surface area contributed by atoms with Crippen LogP contribution in [0.2, 0.25) is 0 Å². The van der Waals surface area contributed by atoms with Gasteiger partial charge in [-0.3, -0.25) is 4.79 Å². The molecule has 1 aliphatic heterocycles. The summed E-state index contributed by atoms with van der Waals surface area (Å²) in [4.78, 5) is 24.1. The van der Waals surface area contributed by atoms with Crippen LogP contribution >= 0.6 is 11.3 Å². The second-order valence-corrected chi connectivity index (χ2v) is 8.26. The van der Waals surface area contributed by atoms with Gasteiger partial charge in [0.05, 0.1) is 29.9 Å². The highest BCUT2D eigenvalue weighted by Gasteiger charge is 2.13. The quantitative estimate of drug-likeness (QED) is 0.509. The molecule has 3 heterocycles. The van der Waals surface area contributed by atoms with E-state index in [1.807, 2.05) is 47.8 Å². The molecule has 0 radical (unpaired) electrons. The van der Waals surface area contributed by atoms with Crippen LogP contribution in [0.25, 0.3) is 22.3 Å². The van der Waals surface area contributed by atoms with Crippen molar-refractivity contribution in [2.45, 2.75) is 0 Å². The van der Waals surface area contributed by atoms with E-state index < -0.39 is 0 Å². The van der Waals surface area contributed by atoms with E-state index in [1.165, 1.54) is 11.3 Å². The summed E-state index contributed by atoms with van der Waals surface area (Å²) in [5.41, 5.74) is 10.7. The maximum atomic E-state index is 12.9. The number of benzene rings is 2. The first kappa shape index (κ1) is 19.5. The Kier molecular flexibility index (Phi) is 5.05. The van der Waals surface area contributed by atoms with E-state index in [1.54, 1.807) is 11.6 Å². The highest BCUT2D eigenvalue weighted by Crippen LogP contribution is 2.26. The predicted molar refractivity (Wildman–Crippen MR) is 125 cm³/mol. The first-order valence-corrected chi connectivity index (χ1v) is 10.9. The summed E-state index contributed by atoms with van der Waals surface area (Å²) in [6.45, 7) is 3.26. The van der Waals surface area contributed by atoms with Gasteiger partial charge in [-0.1, -0.05) is 6.07 Å². The molecule has 0 aliphatic carbocycles. The van der Waals surface area contributed by atoms with Crippen LogP contribution in [0.15, 0.2) is 52.6 Å². The lowest BCUT2D eigenvalue weighted by Gasteiger charge is -2.28. The maximum absolute atomic E-state index is 12.9. The van der Waals surface area contributed by atoms with Crippen LogP contribution in [0.4, 0.5) is 22.3 Å². The van der Waals surface area contributed by atoms with Crippen LogP contribution in [0.1, 0.15) is 0 Å². The van der Waals surface area contributed by atoms with E-state index in [9.17, 15) is 4.79 Å². The molecule has 3 N–H and O–H groups in total. The molecule has 4 aromatic rings. The smallest absolute Gasteiger partial charge is 0.293 e. The number of nitrogens with one attached hydrogen (secondary N) is 1. The molecule has 0 spiro atoms. The summed E-state index contributed by atoms with van der Waals surface area (Å²) in [7, 11) is 1.75. The molecule has 1 aliphatic rings. The van der Waals surface area contributed by atoms with Crippen molar-refractivity contribution in [3.8, 4) is 11.3 Å². The highest BCUT2D eigenvalue weighted by molar-refractivity contribution is 7.13. The maximum Gasteiger partial charge on any atom is 0.293 e. The van der Waals surface area contributed by atoms with Crippen molar-refractivity contribution in [1.82, 2.24) is 14.5 Å². The minimum absolute atomic E-state index is 0.195. The van der Waals surface area contributed by atoms with Crippen LogP contribution in [0.3, 0.4) is 0 Å². The molecule has 0 atom stereocenters. The lowest BCUT2D eigenvalue weighted by atomic mass is 10.1. The van der Waals surface area contributed by atoms with Gasteiger partial charge >= 0.3 is 0 Å². The molecule has 0 amide bonds. The molecule has 2 aromatic carbocycles. The van der Waals surface area contributed by atoms with E-state index in [0.29, 0.717) is 10.9 Å². The van der Waals surface area contributed by atoms with Crippen molar-refractivity contribution >= 4 is 44.7 Å². The number of thiazole rings is 1. The van der Waals surface area contributed by atoms with Crippen LogP contribution in [0.5, 0.6) is 0 Å². The van der Waals surface area contributed by atoms with Gasteiger partial charge in [0, 0.05) is 42.5 Å². The Balaban J connectivity index is 1.43. The number of rotatable bonds is 4. The van der Waals surface area contributed by atoms with Crippen LogP contribution in [-0.2, 0) is 11.8 Å². The minimum Gasteiger partial charge on any atom is -0.378 e. The number of anilines is 4. The normalized spacial score (nSPS) is 14.2. The molecule has 0 saturated carbocycles. The Morgan fingerprint density at radius 3 is 2.58 bits per heavy atom. The van der Waals surface area contributed by atoms with E-state index >= 15 is 0 Å². The fourth-order valence-corrected chi connectivity index (χ4v) is 4.27. The van der Waals surface area contributed by atoms with E-state index in [-0.39, 0.29) is 5.56 Å². The Labute approximate surface area is 182 Å².